The molecule has 28 heavy (non-hydrogen) atoms. The first-order chi connectivity index (χ1) is 13.6. The molecule has 0 aliphatic carbocycles. The van der Waals surface area contributed by atoms with E-state index in [-0.39, 0.29) is 11.7 Å². The van der Waals surface area contributed by atoms with Gasteiger partial charge in [-0.2, -0.15) is 0 Å². The summed E-state index contributed by atoms with van der Waals surface area (Å²) in [7, 11) is 1.60. The molecule has 1 heterocycles. The topological polar surface area (TPSA) is 43.3 Å². The Morgan fingerprint density at radius 1 is 1.14 bits per heavy atom. The molecule has 0 bridgehead atoms. The molecule has 4 nitrogen and oxygen atoms in total. The highest BCUT2D eigenvalue weighted by Crippen LogP contribution is 2.32. The summed E-state index contributed by atoms with van der Waals surface area (Å²) < 4.78 is 21.7. The Balaban J connectivity index is 2.15. The average Bonchev–Trinajstić information content (AvgIpc) is 3.05. The number of methoxy groups -OCH3 is 1. The summed E-state index contributed by atoms with van der Waals surface area (Å²) in [6.07, 6.45) is 1.92. The lowest BCUT2D eigenvalue weighted by Crippen LogP contribution is -2.24. The molecule has 3 aromatic rings. The fourth-order valence-electron chi connectivity index (χ4n) is 3.25. The van der Waals surface area contributed by atoms with E-state index in [1.54, 1.807) is 29.9 Å². The maximum absolute atomic E-state index is 14.6. The number of ether oxygens (including phenoxy) is 1. The van der Waals surface area contributed by atoms with E-state index in [0.29, 0.717) is 29.2 Å². The van der Waals surface area contributed by atoms with Crippen molar-refractivity contribution in [3.8, 4) is 22.7 Å². The van der Waals surface area contributed by atoms with Crippen LogP contribution in [0, 0.1) is 12.7 Å². The van der Waals surface area contributed by atoms with Crippen LogP contribution in [0.2, 0.25) is 0 Å². The predicted molar refractivity (Wildman–Crippen MR) is 110 cm³/mol. The van der Waals surface area contributed by atoms with Crippen LogP contribution in [0.5, 0.6) is 5.75 Å². The minimum Gasteiger partial charge on any atom is -0.497 e. The zero-order valence-electron chi connectivity index (χ0n) is 16.5. The Hall–Kier alpha value is -3.08. The van der Waals surface area contributed by atoms with Crippen LogP contribution < -0.4 is 10.1 Å². The number of hydrogen-bond donors (Lipinski definition) is 1. The van der Waals surface area contributed by atoms with Gasteiger partial charge in [-0.15, -0.1) is 0 Å². The summed E-state index contributed by atoms with van der Waals surface area (Å²) >= 11 is 0. The minimum absolute atomic E-state index is 0.148. The van der Waals surface area contributed by atoms with Gasteiger partial charge in [0.25, 0.3) is 5.91 Å². The normalized spacial score (nSPS) is 10.7. The van der Waals surface area contributed by atoms with E-state index in [2.05, 4.69) is 12.2 Å². The van der Waals surface area contributed by atoms with Crippen molar-refractivity contribution >= 4 is 5.91 Å². The van der Waals surface area contributed by atoms with Gasteiger partial charge in [0.05, 0.1) is 24.1 Å². The number of rotatable bonds is 7. The molecule has 1 aromatic heterocycles. The van der Waals surface area contributed by atoms with Gasteiger partial charge in [-0.3, -0.25) is 4.79 Å². The summed E-state index contributed by atoms with van der Waals surface area (Å²) in [4.78, 5) is 12.7. The minimum atomic E-state index is -0.344. The number of unbranched alkanes of at least 4 members (excludes halogenated alkanes) is 1. The molecule has 3 rings (SSSR count). The zero-order chi connectivity index (χ0) is 20.1. The van der Waals surface area contributed by atoms with Gasteiger partial charge in [0.15, 0.2) is 0 Å². The van der Waals surface area contributed by atoms with E-state index in [1.165, 1.54) is 6.07 Å². The summed E-state index contributed by atoms with van der Waals surface area (Å²) in [5.74, 6) is 0.207. The molecule has 146 valence electrons. The van der Waals surface area contributed by atoms with E-state index in [1.807, 2.05) is 37.3 Å². The fourth-order valence-corrected chi connectivity index (χ4v) is 3.25. The molecule has 0 fully saturated rings. The van der Waals surface area contributed by atoms with Crippen LogP contribution in [0.4, 0.5) is 4.39 Å². The SMILES string of the molecule is CCCCNC(=O)c1cc(-c2cccc(OC)c2)n(-c2ccccc2F)c1C. The largest absolute Gasteiger partial charge is 0.497 e. The molecular formula is C23H25FN2O2. The summed E-state index contributed by atoms with van der Waals surface area (Å²) in [5, 5.41) is 2.95. The number of aromatic nitrogens is 1. The number of para-hydroxylation sites is 1. The quantitative estimate of drug-likeness (QED) is 0.578. The lowest BCUT2D eigenvalue weighted by molar-refractivity contribution is 0.0952. The predicted octanol–water partition coefficient (Wildman–Crippen LogP) is 5.13. The van der Waals surface area contributed by atoms with Crippen molar-refractivity contribution in [3.05, 3.63) is 71.7 Å². The number of nitrogens with one attached hydrogen (secondary N) is 1. The molecular weight excluding hydrogens is 355 g/mol. The fraction of sp³-hybridized carbons (Fsp3) is 0.261. The molecule has 5 heteroatoms. The smallest absolute Gasteiger partial charge is 0.253 e. The Morgan fingerprint density at radius 3 is 2.64 bits per heavy atom. The summed E-state index contributed by atoms with van der Waals surface area (Å²) in [6.45, 7) is 4.53. The van der Waals surface area contributed by atoms with Crippen molar-refractivity contribution in [3.63, 3.8) is 0 Å². The maximum Gasteiger partial charge on any atom is 0.253 e. The molecule has 1 amide bonds. The second-order valence-electron chi connectivity index (χ2n) is 6.66. The third-order valence-electron chi connectivity index (χ3n) is 4.77. The lowest BCUT2D eigenvalue weighted by atomic mass is 10.1. The number of carbonyl (C=O) groups excluding carboxylic acids is 1. The van der Waals surface area contributed by atoms with E-state index in [4.69, 9.17) is 4.74 Å². The van der Waals surface area contributed by atoms with Crippen molar-refractivity contribution in [2.45, 2.75) is 26.7 Å². The van der Waals surface area contributed by atoms with Gasteiger partial charge in [0, 0.05) is 17.8 Å². The van der Waals surface area contributed by atoms with Gasteiger partial charge >= 0.3 is 0 Å². The molecule has 0 unspecified atom stereocenters. The van der Waals surface area contributed by atoms with E-state index < -0.39 is 0 Å². The third kappa shape index (κ3) is 3.93. The highest BCUT2D eigenvalue weighted by molar-refractivity contribution is 5.97. The van der Waals surface area contributed by atoms with Crippen LogP contribution in [0.25, 0.3) is 16.9 Å². The molecule has 1 N–H and O–H groups in total. The maximum atomic E-state index is 14.6. The monoisotopic (exact) mass is 380 g/mol. The molecule has 0 aliphatic heterocycles. The van der Waals surface area contributed by atoms with Crippen LogP contribution in [0.15, 0.2) is 54.6 Å². The van der Waals surface area contributed by atoms with Gasteiger partial charge in [0.2, 0.25) is 0 Å². The van der Waals surface area contributed by atoms with E-state index in [0.717, 1.165) is 24.1 Å². The number of hydrogen-bond acceptors (Lipinski definition) is 2. The number of nitrogens with zero attached hydrogens (tertiary/aromatic N) is 1. The van der Waals surface area contributed by atoms with Gasteiger partial charge in [0.1, 0.15) is 11.6 Å². The molecule has 0 saturated heterocycles. The molecule has 0 saturated carbocycles. The highest BCUT2D eigenvalue weighted by Gasteiger charge is 2.21. The number of carbonyl (C=O) groups is 1. The van der Waals surface area contributed by atoms with Crippen LogP contribution in [0.3, 0.4) is 0 Å². The number of amides is 1. The average molecular weight is 380 g/mol. The molecule has 0 aliphatic rings. The summed E-state index contributed by atoms with van der Waals surface area (Å²) in [6, 6.07) is 15.9. The van der Waals surface area contributed by atoms with Crippen LogP contribution in [0.1, 0.15) is 35.8 Å². The highest BCUT2D eigenvalue weighted by atomic mass is 19.1. The second-order valence-corrected chi connectivity index (χ2v) is 6.66. The Kier molecular flexibility index (Phi) is 6.14. The van der Waals surface area contributed by atoms with Crippen LogP contribution in [-0.2, 0) is 0 Å². The van der Waals surface area contributed by atoms with Crippen LogP contribution in [-0.4, -0.2) is 24.1 Å². The first-order valence-electron chi connectivity index (χ1n) is 9.46. The van der Waals surface area contributed by atoms with E-state index in [9.17, 15) is 9.18 Å². The van der Waals surface area contributed by atoms with Crippen molar-refractivity contribution in [1.82, 2.24) is 9.88 Å². The van der Waals surface area contributed by atoms with Gasteiger partial charge < -0.3 is 14.6 Å². The molecule has 0 atom stereocenters. The molecule has 2 aromatic carbocycles. The molecule has 0 radical (unpaired) electrons. The van der Waals surface area contributed by atoms with Gasteiger partial charge in [-0.05, 0) is 43.7 Å². The van der Waals surface area contributed by atoms with Gasteiger partial charge in [-0.1, -0.05) is 37.6 Å². The zero-order valence-corrected chi connectivity index (χ0v) is 16.5. The second kappa shape index (κ2) is 8.74. The Labute approximate surface area is 165 Å². The first kappa shape index (κ1) is 19.7. The third-order valence-corrected chi connectivity index (χ3v) is 4.77. The van der Waals surface area contributed by atoms with Gasteiger partial charge in [-0.25, -0.2) is 4.39 Å². The lowest BCUT2D eigenvalue weighted by Gasteiger charge is -2.14. The first-order valence-corrected chi connectivity index (χ1v) is 9.46. The van der Waals surface area contributed by atoms with Crippen molar-refractivity contribution in [1.29, 1.82) is 0 Å². The van der Waals surface area contributed by atoms with Crippen molar-refractivity contribution < 1.29 is 13.9 Å². The Bertz CT molecular complexity index is 978. The van der Waals surface area contributed by atoms with Crippen molar-refractivity contribution in [2.75, 3.05) is 13.7 Å². The molecule has 0 spiro atoms. The van der Waals surface area contributed by atoms with Crippen LogP contribution >= 0.6 is 0 Å². The number of benzene rings is 2. The Morgan fingerprint density at radius 2 is 1.93 bits per heavy atom. The standard InChI is InChI=1S/C23H25FN2O2/c1-4-5-13-25-23(27)19-15-22(17-9-8-10-18(14-17)28-3)26(16(19)2)21-12-7-6-11-20(21)24/h6-12,14-15H,4-5,13H2,1-3H3,(H,25,27). The van der Waals surface area contributed by atoms with E-state index >= 15 is 0 Å². The number of halogens is 1. The summed E-state index contributed by atoms with van der Waals surface area (Å²) in [5.41, 5.74) is 3.22. The van der Waals surface area contributed by atoms with Crippen molar-refractivity contribution in [2.24, 2.45) is 0 Å².